The molecule has 1 aromatic heterocycles. The van der Waals surface area contributed by atoms with Crippen LogP contribution in [0.5, 0.6) is 0 Å². The Morgan fingerprint density at radius 2 is 2.05 bits per heavy atom. The Kier molecular flexibility index (Phi) is 4.94. The molecule has 0 spiro atoms. The van der Waals surface area contributed by atoms with Gasteiger partial charge in [-0.05, 0) is 17.7 Å². The smallest absolute Gasteiger partial charge is 0.289 e. The first-order valence-corrected chi connectivity index (χ1v) is 8.26. The number of carbonyl (C=O) groups is 1. The lowest BCUT2D eigenvalue weighted by Gasteiger charge is -2.16. The average Bonchev–Trinajstić information content (AvgIpc) is 3.07. The largest absolute Gasteiger partial charge is 0.438 e. The van der Waals surface area contributed by atoms with Crippen LogP contribution in [0.3, 0.4) is 0 Å². The van der Waals surface area contributed by atoms with Crippen LogP contribution in [0.25, 0.3) is 0 Å². The lowest BCUT2D eigenvalue weighted by molar-refractivity contribution is 0.0888. The molecular formula is C14H16N2O5S. The number of hydrogen-bond acceptors (Lipinski definition) is 6. The van der Waals surface area contributed by atoms with Crippen LogP contribution in [0.4, 0.5) is 0 Å². The maximum Gasteiger partial charge on any atom is 0.289 e. The van der Waals surface area contributed by atoms with Crippen molar-refractivity contribution in [2.45, 2.75) is 17.9 Å². The molecule has 2 aromatic rings. The van der Waals surface area contributed by atoms with Crippen LogP contribution < -0.4 is 5.32 Å². The molecule has 1 aromatic carbocycles. The predicted molar refractivity (Wildman–Crippen MR) is 78.0 cm³/mol. The zero-order valence-corrected chi connectivity index (χ0v) is 12.7. The van der Waals surface area contributed by atoms with Crippen molar-refractivity contribution < 1.29 is 22.7 Å². The average molecular weight is 324 g/mol. The molecule has 1 heterocycles. The van der Waals surface area contributed by atoms with E-state index in [0.29, 0.717) is 5.56 Å². The summed E-state index contributed by atoms with van der Waals surface area (Å²) in [6.07, 6.45) is 2.40. The third kappa shape index (κ3) is 3.52. The minimum absolute atomic E-state index is 0.0119. The lowest BCUT2D eigenvalue weighted by Crippen LogP contribution is -2.30. The molecule has 1 amide bonds. The fourth-order valence-electron chi connectivity index (χ4n) is 1.87. The number of benzene rings is 1. The number of nitrogens with zero attached hydrogens (tertiary/aromatic N) is 1. The number of hydrogen-bond donors (Lipinski definition) is 2. The molecule has 0 radical (unpaired) electrons. The molecule has 22 heavy (non-hydrogen) atoms. The second-order valence-electron chi connectivity index (χ2n) is 4.55. The molecule has 0 aliphatic heterocycles. The van der Waals surface area contributed by atoms with Gasteiger partial charge in [-0.1, -0.05) is 19.1 Å². The summed E-state index contributed by atoms with van der Waals surface area (Å²) in [7, 11) is -3.28. The van der Waals surface area contributed by atoms with Gasteiger partial charge in [0.1, 0.15) is 0 Å². The maximum absolute atomic E-state index is 11.9. The Labute approximate surface area is 127 Å². The van der Waals surface area contributed by atoms with Gasteiger partial charge < -0.3 is 14.8 Å². The van der Waals surface area contributed by atoms with E-state index < -0.39 is 21.8 Å². The highest BCUT2D eigenvalue weighted by atomic mass is 32.2. The van der Waals surface area contributed by atoms with Gasteiger partial charge >= 0.3 is 0 Å². The molecule has 0 bridgehead atoms. The first-order chi connectivity index (χ1) is 10.5. The van der Waals surface area contributed by atoms with E-state index in [0.717, 1.165) is 6.39 Å². The Morgan fingerprint density at radius 1 is 1.36 bits per heavy atom. The number of sulfone groups is 1. The van der Waals surface area contributed by atoms with Crippen molar-refractivity contribution in [2.24, 2.45) is 0 Å². The van der Waals surface area contributed by atoms with E-state index in [1.165, 1.54) is 18.3 Å². The van der Waals surface area contributed by atoms with Crippen LogP contribution in [0.15, 0.2) is 46.2 Å². The molecule has 2 rings (SSSR count). The molecule has 0 unspecified atom stereocenters. The molecule has 0 fully saturated rings. The summed E-state index contributed by atoms with van der Waals surface area (Å²) in [6.45, 7) is 1.23. The molecular weight excluding hydrogens is 308 g/mol. The van der Waals surface area contributed by atoms with Crippen molar-refractivity contribution in [3.05, 3.63) is 48.2 Å². The van der Waals surface area contributed by atoms with E-state index in [4.69, 9.17) is 4.42 Å². The molecule has 0 aliphatic carbocycles. The maximum atomic E-state index is 11.9. The second kappa shape index (κ2) is 6.71. The summed E-state index contributed by atoms with van der Waals surface area (Å²) in [5.41, 5.74) is 0.588. The number of rotatable bonds is 6. The van der Waals surface area contributed by atoms with Crippen molar-refractivity contribution in [2.75, 3.05) is 12.4 Å². The molecule has 0 aliphatic rings. The van der Waals surface area contributed by atoms with E-state index in [9.17, 15) is 18.3 Å². The summed E-state index contributed by atoms with van der Waals surface area (Å²) < 4.78 is 28.4. The van der Waals surface area contributed by atoms with E-state index in [1.54, 1.807) is 19.1 Å². The molecule has 2 N–H and O–H groups in total. The number of aliphatic hydroxyl groups is 1. The minimum Gasteiger partial charge on any atom is -0.438 e. The molecule has 1 atom stereocenters. The van der Waals surface area contributed by atoms with E-state index in [2.05, 4.69) is 10.3 Å². The topological polar surface area (TPSA) is 110 Å². The molecule has 8 heteroatoms. The first-order valence-electron chi connectivity index (χ1n) is 6.61. The van der Waals surface area contributed by atoms with Gasteiger partial charge in [-0.2, -0.15) is 0 Å². The van der Waals surface area contributed by atoms with Gasteiger partial charge in [-0.15, -0.1) is 0 Å². The number of carbonyl (C=O) groups excluding carboxylic acids is 1. The van der Waals surface area contributed by atoms with Gasteiger partial charge in [0.25, 0.3) is 5.91 Å². The predicted octanol–water partition coefficient (Wildman–Crippen LogP) is 0.932. The molecule has 0 saturated carbocycles. The summed E-state index contributed by atoms with van der Waals surface area (Å²) in [6, 6.07) is 5.36. The summed E-state index contributed by atoms with van der Waals surface area (Å²) >= 11 is 0. The fourth-order valence-corrected chi connectivity index (χ4v) is 2.75. The van der Waals surface area contributed by atoms with Crippen LogP contribution in [-0.2, 0) is 9.84 Å². The third-order valence-electron chi connectivity index (χ3n) is 3.17. The molecule has 7 nitrogen and oxygen atoms in total. The highest BCUT2D eigenvalue weighted by molar-refractivity contribution is 7.91. The monoisotopic (exact) mass is 324 g/mol. The van der Waals surface area contributed by atoms with Crippen molar-refractivity contribution >= 4 is 15.7 Å². The van der Waals surface area contributed by atoms with Crippen molar-refractivity contribution in [3.63, 3.8) is 0 Å². The second-order valence-corrected chi connectivity index (χ2v) is 6.83. The number of amides is 1. The number of oxazole rings is 1. The number of aliphatic hydroxyl groups excluding tert-OH is 1. The zero-order chi connectivity index (χ0) is 16.2. The minimum atomic E-state index is -3.28. The highest BCUT2D eigenvalue weighted by Gasteiger charge is 2.18. The van der Waals surface area contributed by atoms with E-state index in [1.807, 2.05) is 0 Å². The van der Waals surface area contributed by atoms with Crippen LogP contribution in [-0.4, -0.2) is 36.8 Å². The van der Waals surface area contributed by atoms with Gasteiger partial charge in [0.15, 0.2) is 16.2 Å². The van der Waals surface area contributed by atoms with Crippen molar-refractivity contribution in [1.82, 2.24) is 10.3 Å². The summed E-state index contributed by atoms with van der Waals surface area (Å²) in [4.78, 5) is 15.7. The number of aromatic nitrogens is 1. The fraction of sp³-hybridized carbons (Fsp3) is 0.286. The van der Waals surface area contributed by atoms with Crippen molar-refractivity contribution in [1.29, 1.82) is 0 Å². The Hall–Kier alpha value is -2.19. The summed E-state index contributed by atoms with van der Waals surface area (Å²) in [5, 5.41) is 12.0. The Balaban J connectivity index is 2.16. The number of nitrogens with one attached hydrogen (secondary N) is 1. The van der Waals surface area contributed by atoms with Crippen LogP contribution in [0, 0.1) is 0 Å². The van der Waals surface area contributed by atoms with Gasteiger partial charge in [0.05, 0.1) is 29.5 Å². The molecule has 0 saturated heterocycles. The highest BCUT2D eigenvalue weighted by Crippen LogP contribution is 2.18. The Morgan fingerprint density at radius 3 is 2.55 bits per heavy atom. The summed E-state index contributed by atoms with van der Waals surface area (Å²) in [5.74, 6) is -0.469. The first kappa shape index (κ1) is 16.2. The van der Waals surface area contributed by atoms with Gasteiger partial charge in [-0.3, -0.25) is 4.79 Å². The van der Waals surface area contributed by atoms with E-state index in [-0.39, 0.29) is 23.0 Å². The van der Waals surface area contributed by atoms with Crippen LogP contribution in [0.2, 0.25) is 0 Å². The van der Waals surface area contributed by atoms with Gasteiger partial charge in [0, 0.05) is 0 Å². The quantitative estimate of drug-likeness (QED) is 0.818. The van der Waals surface area contributed by atoms with E-state index >= 15 is 0 Å². The van der Waals surface area contributed by atoms with Crippen LogP contribution >= 0.6 is 0 Å². The lowest BCUT2D eigenvalue weighted by atomic mass is 10.1. The van der Waals surface area contributed by atoms with Gasteiger partial charge in [0.2, 0.25) is 5.76 Å². The van der Waals surface area contributed by atoms with Crippen molar-refractivity contribution in [3.8, 4) is 0 Å². The zero-order valence-electron chi connectivity index (χ0n) is 11.9. The normalized spacial score (nSPS) is 12.8. The third-order valence-corrected chi connectivity index (χ3v) is 4.92. The molecule has 118 valence electrons. The van der Waals surface area contributed by atoms with Gasteiger partial charge in [-0.25, -0.2) is 13.4 Å². The standard InChI is InChI=1S/C14H16N2O5S/c1-2-22(19,20)11-5-3-10(4-6-11)12(8-17)16-14(18)13-7-15-9-21-13/h3-7,9,12,17H,2,8H2,1H3,(H,16,18)/t12-/m0/s1. The Bertz CT molecular complexity index is 723. The SMILES string of the molecule is CCS(=O)(=O)c1ccc([C@H](CO)NC(=O)c2cnco2)cc1. The van der Waals surface area contributed by atoms with Crippen LogP contribution in [0.1, 0.15) is 29.1 Å².